The topological polar surface area (TPSA) is 103 Å². The van der Waals surface area contributed by atoms with Gasteiger partial charge in [0, 0.05) is 32.3 Å². The summed E-state index contributed by atoms with van der Waals surface area (Å²) >= 11 is 1.07. The minimum absolute atomic E-state index is 0.0133. The second-order valence-corrected chi connectivity index (χ2v) is 7.46. The van der Waals surface area contributed by atoms with Gasteiger partial charge < -0.3 is 14.2 Å². The lowest BCUT2D eigenvalue weighted by Gasteiger charge is -2.18. The average molecular weight is 449 g/mol. The number of hydrogen-bond donors (Lipinski definition) is 0. The highest BCUT2D eigenvalue weighted by atomic mass is 32.2. The van der Waals surface area contributed by atoms with Crippen LogP contribution in [0.5, 0.6) is 5.75 Å². The van der Waals surface area contributed by atoms with Crippen LogP contribution in [0.1, 0.15) is 15.9 Å². The first-order valence-corrected chi connectivity index (χ1v) is 9.65. The van der Waals surface area contributed by atoms with Gasteiger partial charge in [-0.2, -0.15) is 8.78 Å². The number of hydrogen-bond acceptors (Lipinski definition) is 7. The van der Waals surface area contributed by atoms with E-state index in [1.54, 1.807) is 30.8 Å². The van der Waals surface area contributed by atoms with Gasteiger partial charge in [-0.3, -0.25) is 14.9 Å². The van der Waals surface area contributed by atoms with Crippen molar-refractivity contribution in [3.63, 3.8) is 0 Å². The van der Waals surface area contributed by atoms with E-state index in [1.165, 1.54) is 41.6 Å². The number of halogens is 2. The fraction of sp³-hybridized carbons (Fsp3) is 0.211. The maximum atomic E-state index is 12.8. The van der Waals surface area contributed by atoms with Crippen LogP contribution in [0.25, 0.3) is 0 Å². The number of rotatable bonds is 8. The first kappa shape index (κ1) is 22.2. The number of benzene rings is 2. The van der Waals surface area contributed by atoms with E-state index >= 15 is 0 Å². The number of aryl methyl sites for hydroxylation is 1. The summed E-state index contributed by atoms with van der Waals surface area (Å²) in [7, 11) is 3.26. The molecule has 162 valence electrons. The molecule has 0 aliphatic rings. The predicted molar refractivity (Wildman–Crippen MR) is 107 cm³/mol. The molecule has 0 atom stereocenters. The molecule has 0 bridgehead atoms. The summed E-state index contributed by atoms with van der Waals surface area (Å²) in [6.07, 6.45) is 1.48. The molecule has 1 heterocycles. The Morgan fingerprint density at radius 1 is 1.29 bits per heavy atom. The Labute approximate surface area is 179 Å². The molecule has 9 nitrogen and oxygen atoms in total. The molecule has 0 fully saturated rings. The van der Waals surface area contributed by atoms with Crippen LogP contribution in [-0.2, 0) is 13.6 Å². The van der Waals surface area contributed by atoms with Crippen molar-refractivity contribution in [2.24, 2.45) is 7.05 Å². The van der Waals surface area contributed by atoms with Gasteiger partial charge in [0.05, 0.1) is 9.82 Å². The van der Waals surface area contributed by atoms with E-state index in [0.717, 1.165) is 11.8 Å². The monoisotopic (exact) mass is 449 g/mol. The molecule has 3 aromatic rings. The van der Waals surface area contributed by atoms with Gasteiger partial charge in [0.15, 0.2) is 5.16 Å². The fourth-order valence-corrected chi connectivity index (χ4v) is 3.54. The SMILES string of the molecule is CN(Cc1ccc(OC(F)F)cc1)C(=O)c1ccc(Sc2nncn2C)c([N+](=O)[O-])c1. The first-order chi connectivity index (χ1) is 14.7. The summed E-state index contributed by atoms with van der Waals surface area (Å²) in [5, 5.41) is 19.6. The summed E-state index contributed by atoms with van der Waals surface area (Å²) in [6.45, 7) is -2.74. The number of nitro benzene ring substituents is 1. The van der Waals surface area contributed by atoms with Crippen LogP contribution in [-0.4, -0.2) is 44.2 Å². The summed E-state index contributed by atoms with van der Waals surface area (Å²) in [5.74, 6) is -0.412. The van der Waals surface area contributed by atoms with Crippen molar-refractivity contribution in [1.29, 1.82) is 0 Å². The van der Waals surface area contributed by atoms with E-state index < -0.39 is 17.4 Å². The van der Waals surface area contributed by atoms with E-state index in [1.807, 2.05) is 0 Å². The lowest BCUT2D eigenvalue weighted by atomic mass is 10.1. The highest BCUT2D eigenvalue weighted by molar-refractivity contribution is 7.99. The minimum Gasteiger partial charge on any atom is -0.435 e. The van der Waals surface area contributed by atoms with Crippen molar-refractivity contribution in [2.75, 3.05) is 7.05 Å². The van der Waals surface area contributed by atoms with E-state index in [-0.39, 0.29) is 23.5 Å². The standard InChI is InChI=1S/C19H17F2N5O4S/c1-24(10-12-3-6-14(7-4-12)30-18(20)21)17(27)13-5-8-16(15(9-13)26(28)29)31-19-23-22-11-25(19)2/h3-9,11,18H,10H2,1-2H3. The van der Waals surface area contributed by atoms with Gasteiger partial charge in [0.25, 0.3) is 11.6 Å². The van der Waals surface area contributed by atoms with Crippen LogP contribution in [0, 0.1) is 10.1 Å². The predicted octanol–water partition coefficient (Wildman–Crippen LogP) is 3.75. The summed E-state index contributed by atoms with van der Waals surface area (Å²) in [5.41, 5.74) is 0.608. The quantitative estimate of drug-likeness (QED) is 0.381. The highest BCUT2D eigenvalue weighted by Crippen LogP contribution is 2.34. The van der Waals surface area contributed by atoms with Crippen LogP contribution in [0.4, 0.5) is 14.5 Å². The third kappa shape index (κ3) is 5.54. The number of ether oxygens (including phenoxy) is 1. The Morgan fingerprint density at radius 3 is 2.58 bits per heavy atom. The lowest BCUT2D eigenvalue weighted by molar-refractivity contribution is -0.387. The van der Waals surface area contributed by atoms with Gasteiger partial charge in [0.2, 0.25) is 0 Å². The fourth-order valence-electron chi connectivity index (χ4n) is 2.69. The van der Waals surface area contributed by atoms with Crippen LogP contribution < -0.4 is 4.74 Å². The van der Waals surface area contributed by atoms with Crippen LogP contribution >= 0.6 is 11.8 Å². The molecule has 0 saturated heterocycles. The molecule has 0 aliphatic heterocycles. The largest absolute Gasteiger partial charge is 0.435 e. The van der Waals surface area contributed by atoms with Gasteiger partial charge in [-0.15, -0.1) is 10.2 Å². The maximum absolute atomic E-state index is 12.8. The summed E-state index contributed by atoms with van der Waals surface area (Å²) in [6, 6.07) is 10.1. The number of aromatic nitrogens is 3. The highest BCUT2D eigenvalue weighted by Gasteiger charge is 2.21. The van der Waals surface area contributed by atoms with Crippen molar-refractivity contribution in [1.82, 2.24) is 19.7 Å². The number of alkyl halides is 2. The van der Waals surface area contributed by atoms with Gasteiger partial charge in [-0.1, -0.05) is 12.1 Å². The lowest BCUT2D eigenvalue weighted by Crippen LogP contribution is -2.26. The molecule has 0 radical (unpaired) electrons. The minimum atomic E-state index is -2.92. The van der Waals surface area contributed by atoms with Gasteiger partial charge in [-0.05, 0) is 41.6 Å². The van der Waals surface area contributed by atoms with Crippen LogP contribution in [0.15, 0.2) is 58.8 Å². The van der Waals surface area contributed by atoms with E-state index in [9.17, 15) is 23.7 Å². The Hall–Kier alpha value is -3.54. The molecule has 31 heavy (non-hydrogen) atoms. The average Bonchev–Trinajstić information content (AvgIpc) is 3.13. The Kier molecular flexibility index (Phi) is 6.80. The Bertz CT molecular complexity index is 1090. The van der Waals surface area contributed by atoms with Gasteiger partial charge in [0.1, 0.15) is 12.1 Å². The number of amides is 1. The zero-order chi connectivity index (χ0) is 22.5. The van der Waals surface area contributed by atoms with E-state index in [0.29, 0.717) is 15.6 Å². The molecular formula is C19H17F2N5O4S. The number of nitro groups is 1. The van der Waals surface area contributed by atoms with Crippen molar-refractivity contribution in [2.45, 2.75) is 23.2 Å². The van der Waals surface area contributed by atoms with E-state index in [4.69, 9.17) is 0 Å². The smallest absolute Gasteiger partial charge is 0.387 e. The van der Waals surface area contributed by atoms with Crippen molar-refractivity contribution in [3.05, 3.63) is 70.0 Å². The molecule has 2 aromatic carbocycles. The molecule has 0 N–H and O–H groups in total. The first-order valence-electron chi connectivity index (χ1n) is 8.84. The molecular weight excluding hydrogens is 432 g/mol. The molecule has 3 rings (SSSR count). The van der Waals surface area contributed by atoms with Gasteiger partial charge >= 0.3 is 6.61 Å². The molecule has 0 spiro atoms. The zero-order valence-electron chi connectivity index (χ0n) is 16.4. The summed E-state index contributed by atoms with van der Waals surface area (Å²) in [4.78, 5) is 25.4. The molecule has 1 amide bonds. The van der Waals surface area contributed by atoms with Crippen LogP contribution in [0.3, 0.4) is 0 Å². The molecule has 1 aromatic heterocycles. The second kappa shape index (κ2) is 9.51. The normalized spacial score (nSPS) is 10.9. The molecule has 0 aliphatic carbocycles. The Morgan fingerprint density at radius 2 is 2.00 bits per heavy atom. The third-order valence-electron chi connectivity index (χ3n) is 4.19. The van der Waals surface area contributed by atoms with Crippen molar-refractivity contribution >= 4 is 23.4 Å². The number of carbonyl (C=O) groups excluding carboxylic acids is 1. The number of nitrogens with zero attached hydrogens (tertiary/aromatic N) is 5. The van der Waals surface area contributed by atoms with E-state index in [2.05, 4.69) is 14.9 Å². The summed E-state index contributed by atoms with van der Waals surface area (Å²) < 4.78 is 30.4. The molecule has 0 unspecified atom stereocenters. The zero-order valence-corrected chi connectivity index (χ0v) is 17.3. The van der Waals surface area contributed by atoms with Crippen LogP contribution in [0.2, 0.25) is 0 Å². The van der Waals surface area contributed by atoms with Gasteiger partial charge in [-0.25, -0.2) is 0 Å². The maximum Gasteiger partial charge on any atom is 0.387 e. The van der Waals surface area contributed by atoms with Crippen molar-refractivity contribution < 1.29 is 23.2 Å². The second-order valence-electron chi connectivity index (χ2n) is 6.45. The van der Waals surface area contributed by atoms with Crippen molar-refractivity contribution in [3.8, 4) is 5.75 Å². The molecule has 12 heteroatoms. The Balaban J connectivity index is 1.75. The third-order valence-corrected chi connectivity index (χ3v) is 5.31. The molecule has 0 saturated carbocycles. The number of carbonyl (C=O) groups is 1.